The van der Waals surface area contributed by atoms with E-state index in [1.165, 1.54) is 12.0 Å². The van der Waals surface area contributed by atoms with Gasteiger partial charge in [0.25, 0.3) is 11.7 Å². The Kier molecular flexibility index (Phi) is 7.94. The van der Waals surface area contributed by atoms with Crippen molar-refractivity contribution < 1.29 is 24.2 Å². The van der Waals surface area contributed by atoms with Crippen molar-refractivity contribution in [2.75, 3.05) is 40.9 Å². The summed E-state index contributed by atoms with van der Waals surface area (Å²) in [7, 11) is 5.30. The van der Waals surface area contributed by atoms with Crippen LogP contribution in [0.4, 0.5) is 0 Å². The number of Topliss-reactive ketones (excluding diaryl/α,β-unsaturated/α-hetero) is 1. The summed E-state index contributed by atoms with van der Waals surface area (Å²) in [6, 6.07) is 11.4. The second kappa shape index (κ2) is 10.7. The molecule has 0 bridgehead atoms. The van der Waals surface area contributed by atoms with E-state index in [0.717, 1.165) is 4.47 Å². The lowest BCUT2D eigenvalue weighted by Crippen LogP contribution is -2.35. The molecule has 0 aromatic heterocycles. The maximum Gasteiger partial charge on any atom is 0.295 e. The zero-order chi connectivity index (χ0) is 24.1. The Balaban J connectivity index is 2.15. The molecule has 0 radical (unpaired) electrons. The Morgan fingerprint density at radius 2 is 1.88 bits per heavy atom. The summed E-state index contributed by atoms with van der Waals surface area (Å²) in [4.78, 5) is 29.5. The highest BCUT2D eigenvalue weighted by Crippen LogP contribution is 2.42. The molecule has 33 heavy (non-hydrogen) atoms. The maximum atomic E-state index is 13.1. The van der Waals surface area contributed by atoms with E-state index in [9.17, 15) is 14.7 Å². The number of carbonyl (C=O) groups excluding carboxylic acids is 2. The minimum Gasteiger partial charge on any atom is -0.507 e. The molecule has 1 aliphatic rings. The van der Waals surface area contributed by atoms with Gasteiger partial charge >= 0.3 is 0 Å². The van der Waals surface area contributed by atoms with Gasteiger partial charge in [0.15, 0.2) is 11.5 Å². The summed E-state index contributed by atoms with van der Waals surface area (Å²) in [5.74, 6) is -0.615. The van der Waals surface area contributed by atoms with Gasteiger partial charge in [0, 0.05) is 23.1 Å². The van der Waals surface area contributed by atoms with Crippen molar-refractivity contribution in [3.05, 3.63) is 76.3 Å². The van der Waals surface area contributed by atoms with Gasteiger partial charge in [-0.1, -0.05) is 46.8 Å². The third-order valence-corrected chi connectivity index (χ3v) is 5.83. The monoisotopic (exact) mass is 514 g/mol. The maximum absolute atomic E-state index is 13.1. The molecular weight excluding hydrogens is 488 g/mol. The normalized spacial score (nSPS) is 17.5. The number of likely N-dealkylation sites (tertiary alicyclic amines) is 1. The molecule has 1 unspecified atom stereocenters. The highest BCUT2D eigenvalue weighted by atomic mass is 79.9. The molecule has 1 heterocycles. The number of rotatable bonds is 9. The summed E-state index contributed by atoms with van der Waals surface area (Å²) in [6.07, 6.45) is 1.63. The van der Waals surface area contributed by atoms with Gasteiger partial charge in [-0.05, 0) is 43.9 Å². The van der Waals surface area contributed by atoms with Gasteiger partial charge < -0.3 is 24.4 Å². The number of nitrogens with zero attached hydrogens (tertiary/aromatic N) is 2. The number of hydrogen-bond acceptors (Lipinski definition) is 6. The van der Waals surface area contributed by atoms with E-state index in [0.29, 0.717) is 42.3 Å². The lowest BCUT2D eigenvalue weighted by atomic mass is 9.95. The van der Waals surface area contributed by atoms with Crippen LogP contribution in [0.25, 0.3) is 5.76 Å². The van der Waals surface area contributed by atoms with Crippen LogP contribution in [0.3, 0.4) is 0 Å². The van der Waals surface area contributed by atoms with Crippen molar-refractivity contribution >= 4 is 33.4 Å². The molecule has 0 saturated carbocycles. The second-order valence-corrected chi connectivity index (χ2v) is 8.73. The van der Waals surface area contributed by atoms with Crippen LogP contribution in [0.1, 0.15) is 17.2 Å². The number of hydrogen-bond donors (Lipinski definition) is 1. The number of aliphatic hydroxyl groups excluding tert-OH is 1. The Labute approximate surface area is 202 Å². The molecule has 7 nitrogen and oxygen atoms in total. The third kappa shape index (κ3) is 5.29. The van der Waals surface area contributed by atoms with E-state index in [1.807, 2.05) is 19.0 Å². The first-order valence-electron chi connectivity index (χ1n) is 10.4. The molecule has 3 rings (SSSR count). The van der Waals surface area contributed by atoms with Crippen LogP contribution in [0, 0.1) is 0 Å². The van der Waals surface area contributed by atoms with Crippen LogP contribution in [0.2, 0.25) is 0 Å². The molecule has 1 saturated heterocycles. The first-order valence-corrected chi connectivity index (χ1v) is 11.2. The topological polar surface area (TPSA) is 79.3 Å². The van der Waals surface area contributed by atoms with Crippen molar-refractivity contribution in [3.8, 4) is 11.5 Å². The molecule has 0 spiro atoms. The number of methoxy groups -OCH3 is 1. The predicted molar refractivity (Wildman–Crippen MR) is 130 cm³/mol. The molecule has 1 amide bonds. The van der Waals surface area contributed by atoms with E-state index in [1.54, 1.807) is 48.5 Å². The minimum atomic E-state index is -0.768. The summed E-state index contributed by atoms with van der Waals surface area (Å²) in [5.41, 5.74) is 1.13. The van der Waals surface area contributed by atoms with E-state index < -0.39 is 17.7 Å². The van der Waals surface area contributed by atoms with Crippen molar-refractivity contribution in [2.24, 2.45) is 0 Å². The van der Waals surface area contributed by atoms with Crippen LogP contribution < -0.4 is 9.47 Å². The lowest BCUT2D eigenvalue weighted by molar-refractivity contribution is -0.140. The number of ketones is 1. The van der Waals surface area contributed by atoms with Crippen LogP contribution >= 0.6 is 15.9 Å². The van der Waals surface area contributed by atoms with Gasteiger partial charge in [0.1, 0.15) is 12.4 Å². The van der Waals surface area contributed by atoms with Gasteiger partial charge in [-0.2, -0.15) is 0 Å². The number of likely N-dealkylation sites (N-methyl/N-ethyl adjacent to an activating group) is 1. The molecular formula is C25H27BrN2O5. The highest BCUT2D eigenvalue weighted by Gasteiger charge is 2.46. The highest BCUT2D eigenvalue weighted by molar-refractivity contribution is 9.10. The lowest BCUT2D eigenvalue weighted by Gasteiger charge is -2.27. The quantitative estimate of drug-likeness (QED) is 0.236. The molecule has 1 atom stereocenters. The smallest absolute Gasteiger partial charge is 0.295 e. The van der Waals surface area contributed by atoms with Gasteiger partial charge in [0.05, 0.1) is 18.7 Å². The molecule has 2 aromatic carbocycles. The molecule has 1 N–H and O–H groups in total. The Morgan fingerprint density at radius 3 is 2.48 bits per heavy atom. The number of benzene rings is 2. The molecule has 8 heteroatoms. The summed E-state index contributed by atoms with van der Waals surface area (Å²) < 4.78 is 12.0. The van der Waals surface area contributed by atoms with Crippen molar-refractivity contribution in [2.45, 2.75) is 6.04 Å². The molecule has 2 aromatic rings. The number of halogens is 1. The predicted octanol–water partition coefficient (Wildman–Crippen LogP) is 4.01. The van der Waals surface area contributed by atoms with Gasteiger partial charge in [-0.3, -0.25) is 9.59 Å². The number of amides is 1. The standard InChI is InChI=1S/C25H27BrN2O5/c1-5-14-33-19-11-8-17(15-20(19)32-4)22-21(23(29)16-6-9-18(26)10-7-16)24(30)25(31)28(22)13-12-27(2)3/h5-11,15,22,29H,1,12-14H2,2-4H3. The van der Waals surface area contributed by atoms with Crippen LogP contribution in [0.15, 0.2) is 65.2 Å². The molecule has 1 fully saturated rings. The zero-order valence-electron chi connectivity index (χ0n) is 18.9. The second-order valence-electron chi connectivity index (χ2n) is 7.81. The third-order valence-electron chi connectivity index (χ3n) is 5.31. The van der Waals surface area contributed by atoms with Crippen LogP contribution in [0.5, 0.6) is 11.5 Å². The zero-order valence-corrected chi connectivity index (χ0v) is 20.5. The number of ether oxygens (including phenoxy) is 2. The first kappa shape index (κ1) is 24.5. The van der Waals surface area contributed by atoms with Crippen molar-refractivity contribution in [1.29, 1.82) is 0 Å². The fraction of sp³-hybridized carbons (Fsp3) is 0.280. The van der Waals surface area contributed by atoms with Gasteiger partial charge in [0.2, 0.25) is 0 Å². The summed E-state index contributed by atoms with van der Waals surface area (Å²) >= 11 is 3.37. The fourth-order valence-corrected chi connectivity index (χ4v) is 3.91. The Morgan fingerprint density at radius 1 is 1.18 bits per heavy atom. The van der Waals surface area contributed by atoms with Gasteiger partial charge in [-0.15, -0.1) is 0 Å². The fourth-order valence-electron chi connectivity index (χ4n) is 3.65. The van der Waals surface area contributed by atoms with Crippen LogP contribution in [-0.4, -0.2) is 67.5 Å². The molecule has 0 aliphatic carbocycles. The van der Waals surface area contributed by atoms with E-state index in [-0.39, 0.29) is 11.3 Å². The van der Waals surface area contributed by atoms with Crippen LogP contribution in [-0.2, 0) is 9.59 Å². The van der Waals surface area contributed by atoms with Gasteiger partial charge in [-0.25, -0.2) is 0 Å². The average molecular weight is 515 g/mol. The Bertz CT molecular complexity index is 1080. The number of carbonyl (C=O) groups is 2. The Hall–Kier alpha value is -3.10. The van der Waals surface area contributed by atoms with E-state index in [4.69, 9.17) is 9.47 Å². The van der Waals surface area contributed by atoms with E-state index in [2.05, 4.69) is 22.5 Å². The van der Waals surface area contributed by atoms with Crippen molar-refractivity contribution in [1.82, 2.24) is 9.80 Å². The molecule has 174 valence electrons. The first-order chi connectivity index (χ1) is 15.8. The summed E-state index contributed by atoms with van der Waals surface area (Å²) in [6.45, 7) is 4.83. The molecule has 1 aliphatic heterocycles. The minimum absolute atomic E-state index is 0.0443. The van der Waals surface area contributed by atoms with Crippen molar-refractivity contribution in [3.63, 3.8) is 0 Å². The largest absolute Gasteiger partial charge is 0.507 e. The average Bonchev–Trinajstić information content (AvgIpc) is 3.06. The van der Waals surface area contributed by atoms with E-state index >= 15 is 0 Å². The SMILES string of the molecule is C=CCOc1ccc(C2C(=C(O)c3ccc(Br)cc3)C(=O)C(=O)N2CCN(C)C)cc1OC. The number of aliphatic hydroxyl groups is 1. The summed E-state index contributed by atoms with van der Waals surface area (Å²) in [5, 5.41) is 11.1.